The van der Waals surface area contributed by atoms with Gasteiger partial charge in [-0.25, -0.2) is 0 Å². The van der Waals surface area contributed by atoms with E-state index in [9.17, 15) is 0 Å². The molecule has 1 rings (SSSR count). The van der Waals surface area contributed by atoms with E-state index in [-0.39, 0.29) is 0 Å². The van der Waals surface area contributed by atoms with E-state index in [2.05, 4.69) is 4.90 Å². The SMILES string of the molecule is CCOC1CCN(C(C)=N)CC1. The smallest absolute Gasteiger partial charge is 0.0925 e. The summed E-state index contributed by atoms with van der Waals surface area (Å²) in [5.41, 5.74) is 0. The van der Waals surface area contributed by atoms with Gasteiger partial charge in [-0.15, -0.1) is 0 Å². The average Bonchev–Trinajstić information content (AvgIpc) is 2.06. The van der Waals surface area contributed by atoms with Crippen molar-refractivity contribution in [2.75, 3.05) is 19.7 Å². The molecule has 3 nitrogen and oxygen atoms in total. The number of ether oxygens (including phenoxy) is 1. The van der Waals surface area contributed by atoms with Crippen LogP contribution in [0.3, 0.4) is 0 Å². The number of nitrogens with zero attached hydrogens (tertiary/aromatic N) is 1. The van der Waals surface area contributed by atoms with Crippen molar-refractivity contribution in [3.8, 4) is 0 Å². The van der Waals surface area contributed by atoms with Gasteiger partial charge in [0.15, 0.2) is 0 Å². The van der Waals surface area contributed by atoms with Crippen LogP contribution in [0, 0.1) is 5.41 Å². The molecule has 1 heterocycles. The van der Waals surface area contributed by atoms with Gasteiger partial charge in [0.05, 0.1) is 11.9 Å². The summed E-state index contributed by atoms with van der Waals surface area (Å²) in [5.74, 6) is 0.685. The number of amidine groups is 1. The van der Waals surface area contributed by atoms with Crippen LogP contribution in [-0.2, 0) is 4.74 Å². The summed E-state index contributed by atoms with van der Waals surface area (Å²) in [6.07, 6.45) is 2.58. The van der Waals surface area contributed by atoms with Gasteiger partial charge >= 0.3 is 0 Å². The quantitative estimate of drug-likeness (QED) is 0.503. The maximum absolute atomic E-state index is 7.44. The molecule has 3 heteroatoms. The first kappa shape index (κ1) is 9.52. The summed E-state index contributed by atoms with van der Waals surface area (Å²) in [6.45, 7) is 6.67. The molecule has 70 valence electrons. The molecule has 1 aliphatic heterocycles. The first-order valence-electron chi connectivity index (χ1n) is 4.65. The van der Waals surface area contributed by atoms with Crippen LogP contribution in [0.2, 0.25) is 0 Å². The molecule has 0 saturated carbocycles. The van der Waals surface area contributed by atoms with Crippen molar-refractivity contribution in [2.45, 2.75) is 32.8 Å². The van der Waals surface area contributed by atoms with E-state index in [1.165, 1.54) is 0 Å². The van der Waals surface area contributed by atoms with E-state index in [1.807, 2.05) is 13.8 Å². The minimum absolute atomic E-state index is 0.436. The van der Waals surface area contributed by atoms with Crippen LogP contribution in [0.25, 0.3) is 0 Å². The third kappa shape index (κ3) is 2.48. The lowest BCUT2D eigenvalue weighted by molar-refractivity contribution is 0.0267. The van der Waals surface area contributed by atoms with Crippen LogP contribution in [-0.4, -0.2) is 36.5 Å². The summed E-state index contributed by atoms with van der Waals surface area (Å²) in [6, 6.07) is 0. The lowest BCUT2D eigenvalue weighted by Crippen LogP contribution is -2.39. The second-order valence-electron chi connectivity index (χ2n) is 3.23. The molecule has 1 saturated heterocycles. The Balaban J connectivity index is 2.25. The van der Waals surface area contributed by atoms with Crippen molar-refractivity contribution in [3.05, 3.63) is 0 Å². The predicted molar refractivity (Wildman–Crippen MR) is 49.6 cm³/mol. The number of hydrogen-bond acceptors (Lipinski definition) is 2. The van der Waals surface area contributed by atoms with Gasteiger partial charge in [-0.05, 0) is 26.7 Å². The van der Waals surface area contributed by atoms with E-state index in [0.29, 0.717) is 11.9 Å². The molecular formula is C9H18N2O. The fraction of sp³-hybridized carbons (Fsp3) is 0.889. The standard InChI is InChI=1S/C9H18N2O/c1-3-12-9-4-6-11(7-5-9)8(2)10/h9-10H,3-7H2,1-2H3. The molecule has 0 aromatic rings. The molecule has 0 radical (unpaired) electrons. The Morgan fingerprint density at radius 2 is 2.08 bits per heavy atom. The highest BCUT2D eigenvalue weighted by molar-refractivity contribution is 5.76. The molecule has 0 unspecified atom stereocenters. The van der Waals surface area contributed by atoms with Crippen molar-refractivity contribution < 1.29 is 4.74 Å². The Morgan fingerprint density at radius 1 is 1.50 bits per heavy atom. The van der Waals surface area contributed by atoms with Gasteiger partial charge in [0.1, 0.15) is 0 Å². The van der Waals surface area contributed by atoms with Gasteiger partial charge in [-0.3, -0.25) is 5.41 Å². The Bertz CT molecular complexity index is 151. The average molecular weight is 170 g/mol. The molecule has 0 spiro atoms. The Morgan fingerprint density at radius 3 is 2.50 bits per heavy atom. The molecule has 0 aliphatic carbocycles. The van der Waals surface area contributed by atoms with Crippen molar-refractivity contribution >= 4 is 5.84 Å². The van der Waals surface area contributed by atoms with E-state index in [1.54, 1.807) is 0 Å². The van der Waals surface area contributed by atoms with Crippen LogP contribution in [0.1, 0.15) is 26.7 Å². The predicted octanol–water partition coefficient (Wildman–Crippen LogP) is 1.48. The highest BCUT2D eigenvalue weighted by Gasteiger charge is 2.18. The number of likely N-dealkylation sites (tertiary alicyclic amines) is 1. The maximum atomic E-state index is 7.44. The normalized spacial score (nSPS) is 19.7. The third-order valence-corrected chi connectivity index (χ3v) is 2.32. The topological polar surface area (TPSA) is 36.3 Å². The molecular weight excluding hydrogens is 152 g/mol. The fourth-order valence-corrected chi connectivity index (χ4v) is 1.59. The molecule has 0 aromatic carbocycles. The van der Waals surface area contributed by atoms with Crippen LogP contribution in [0.5, 0.6) is 0 Å². The van der Waals surface area contributed by atoms with Crippen molar-refractivity contribution in [2.24, 2.45) is 0 Å². The lowest BCUT2D eigenvalue weighted by Gasteiger charge is -2.32. The Hall–Kier alpha value is -0.570. The van der Waals surface area contributed by atoms with E-state index < -0.39 is 0 Å². The van der Waals surface area contributed by atoms with Gasteiger partial charge < -0.3 is 9.64 Å². The first-order valence-corrected chi connectivity index (χ1v) is 4.65. The summed E-state index contributed by atoms with van der Waals surface area (Å²) in [5, 5.41) is 7.44. The minimum atomic E-state index is 0.436. The molecule has 0 bridgehead atoms. The summed E-state index contributed by atoms with van der Waals surface area (Å²) >= 11 is 0. The Labute approximate surface area is 74.2 Å². The van der Waals surface area contributed by atoms with Gasteiger partial charge in [-0.2, -0.15) is 0 Å². The van der Waals surface area contributed by atoms with Gasteiger partial charge in [0, 0.05) is 19.7 Å². The van der Waals surface area contributed by atoms with Gasteiger partial charge in [0.2, 0.25) is 0 Å². The minimum Gasteiger partial charge on any atom is -0.378 e. The second-order valence-corrected chi connectivity index (χ2v) is 3.23. The fourth-order valence-electron chi connectivity index (χ4n) is 1.59. The highest BCUT2D eigenvalue weighted by Crippen LogP contribution is 2.13. The zero-order valence-electron chi connectivity index (χ0n) is 7.97. The van der Waals surface area contributed by atoms with Crippen LogP contribution < -0.4 is 0 Å². The molecule has 12 heavy (non-hydrogen) atoms. The largest absolute Gasteiger partial charge is 0.378 e. The molecule has 1 aliphatic rings. The summed E-state index contributed by atoms with van der Waals surface area (Å²) in [7, 11) is 0. The van der Waals surface area contributed by atoms with E-state index >= 15 is 0 Å². The van der Waals surface area contributed by atoms with E-state index in [0.717, 1.165) is 32.5 Å². The Kier molecular flexibility index (Phi) is 3.53. The van der Waals surface area contributed by atoms with Crippen molar-refractivity contribution in [1.29, 1.82) is 5.41 Å². The van der Waals surface area contributed by atoms with Crippen LogP contribution >= 0.6 is 0 Å². The number of rotatable bonds is 2. The first-order chi connectivity index (χ1) is 5.74. The van der Waals surface area contributed by atoms with Gasteiger partial charge in [0.25, 0.3) is 0 Å². The monoisotopic (exact) mass is 170 g/mol. The van der Waals surface area contributed by atoms with Gasteiger partial charge in [-0.1, -0.05) is 0 Å². The molecule has 0 atom stereocenters. The number of hydrogen-bond donors (Lipinski definition) is 1. The second kappa shape index (κ2) is 4.45. The zero-order valence-corrected chi connectivity index (χ0v) is 7.97. The van der Waals surface area contributed by atoms with Crippen molar-refractivity contribution in [1.82, 2.24) is 4.90 Å². The van der Waals surface area contributed by atoms with Crippen LogP contribution in [0.4, 0.5) is 0 Å². The molecule has 1 fully saturated rings. The lowest BCUT2D eigenvalue weighted by atomic mass is 10.1. The maximum Gasteiger partial charge on any atom is 0.0925 e. The summed E-state index contributed by atoms with van der Waals surface area (Å²) in [4.78, 5) is 2.11. The number of piperidine rings is 1. The number of nitrogens with one attached hydrogen (secondary N) is 1. The van der Waals surface area contributed by atoms with E-state index in [4.69, 9.17) is 10.1 Å². The van der Waals surface area contributed by atoms with Crippen molar-refractivity contribution in [3.63, 3.8) is 0 Å². The zero-order chi connectivity index (χ0) is 8.97. The highest BCUT2D eigenvalue weighted by atomic mass is 16.5. The van der Waals surface area contributed by atoms with Crippen LogP contribution in [0.15, 0.2) is 0 Å². The molecule has 0 aromatic heterocycles. The molecule has 0 amide bonds. The third-order valence-electron chi connectivity index (χ3n) is 2.32. The summed E-state index contributed by atoms with van der Waals surface area (Å²) < 4.78 is 5.51. The molecule has 1 N–H and O–H groups in total.